The van der Waals surface area contributed by atoms with E-state index in [9.17, 15) is 14.4 Å². The predicted molar refractivity (Wildman–Crippen MR) is 179 cm³/mol. The minimum Gasteiger partial charge on any atom is -0.497 e. The fourth-order valence-electron chi connectivity index (χ4n) is 4.46. The summed E-state index contributed by atoms with van der Waals surface area (Å²) in [6.45, 7) is 7.27. The third kappa shape index (κ3) is 11.9. The van der Waals surface area contributed by atoms with Crippen molar-refractivity contribution in [3.8, 4) is 17.6 Å². The maximum atomic E-state index is 13.5. The molecule has 0 radical (unpaired) electrons. The monoisotopic (exact) mass is 605 g/mol. The van der Waals surface area contributed by atoms with Crippen LogP contribution < -0.4 is 32.2 Å². The predicted octanol–water partition coefficient (Wildman–Crippen LogP) is 2.14. The first-order valence-electron chi connectivity index (χ1n) is 14.3. The smallest absolute Gasteiger partial charge is 0.293 e. The molecule has 11 nitrogen and oxygen atoms in total. The molecule has 0 spiro atoms. The Bertz CT molecular complexity index is 1350. The minimum absolute atomic E-state index is 0.173. The van der Waals surface area contributed by atoms with E-state index in [-0.39, 0.29) is 11.9 Å². The van der Waals surface area contributed by atoms with Crippen molar-refractivity contribution in [2.45, 2.75) is 32.7 Å². The lowest BCUT2D eigenvalue weighted by atomic mass is 9.98. The lowest BCUT2D eigenvalue weighted by molar-refractivity contribution is -0.112. The molecule has 44 heavy (non-hydrogen) atoms. The van der Waals surface area contributed by atoms with Gasteiger partial charge in [0.2, 0.25) is 0 Å². The number of allylic oxidation sites excluding steroid dienone is 1. The topological polar surface area (TPSA) is 169 Å². The van der Waals surface area contributed by atoms with Gasteiger partial charge in [-0.3, -0.25) is 14.6 Å². The summed E-state index contributed by atoms with van der Waals surface area (Å²) in [6, 6.07) is 11.4. The van der Waals surface area contributed by atoms with Crippen LogP contribution in [0.3, 0.4) is 0 Å². The van der Waals surface area contributed by atoms with Crippen LogP contribution in [0.1, 0.15) is 53.4 Å². The number of ether oxygens (including phenoxy) is 1. The van der Waals surface area contributed by atoms with Gasteiger partial charge in [-0.1, -0.05) is 12.0 Å². The number of benzene rings is 2. The molecule has 1 aliphatic rings. The molecule has 2 amide bonds. The van der Waals surface area contributed by atoms with Gasteiger partial charge >= 0.3 is 0 Å². The van der Waals surface area contributed by atoms with E-state index in [1.807, 2.05) is 37.3 Å². The van der Waals surface area contributed by atoms with Crippen LogP contribution in [0.15, 0.2) is 47.6 Å². The number of nitrogens with zero attached hydrogens (tertiary/aromatic N) is 3. The largest absolute Gasteiger partial charge is 0.497 e. The second kappa shape index (κ2) is 20.3. The number of likely N-dealkylation sites (N-methyl/N-ethyl adjacent to an activating group) is 1. The first-order valence-corrected chi connectivity index (χ1v) is 14.3. The summed E-state index contributed by atoms with van der Waals surface area (Å²) in [4.78, 5) is 42.9. The molecule has 2 aromatic rings. The molecule has 1 atom stereocenters. The summed E-state index contributed by atoms with van der Waals surface area (Å²) in [5, 5.41) is 3.14. The fraction of sp³-hybridized carbons (Fsp3) is 0.394. The molecule has 7 N–H and O–H groups in total. The van der Waals surface area contributed by atoms with Crippen molar-refractivity contribution in [1.29, 1.82) is 0 Å². The summed E-state index contributed by atoms with van der Waals surface area (Å²) in [5.74, 6) is 4.36. The second-order valence-corrected chi connectivity index (χ2v) is 9.78. The quantitative estimate of drug-likeness (QED) is 0.181. The standard InChI is InChI=1S/C28H37N5O3.C4H5NO.CH5N/c1-20(22-14-23(16-26(15-22)36-4)24(18-29)19-30-2)31-28(35)27-17-25(8-7-21(27)6-5-13-34)33-11-9-32(3)10-12-33;1-2-3-4(5)6;1-2/h7-8,13-20H,5-6,9-12,29H2,1-4H3,(H,31,35);1H3,(H2,5,6);2H2,1H3/b24-18+,30-19?;;. The lowest BCUT2D eigenvalue weighted by Gasteiger charge is -2.34. The Hall–Kier alpha value is -4.66. The molecule has 1 saturated heterocycles. The third-order valence-electron chi connectivity index (χ3n) is 6.78. The lowest BCUT2D eigenvalue weighted by Crippen LogP contribution is -2.44. The van der Waals surface area contributed by atoms with Crippen molar-refractivity contribution in [2.75, 3.05) is 59.3 Å². The Morgan fingerprint density at radius 3 is 2.34 bits per heavy atom. The zero-order valence-electron chi connectivity index (χ0n) is 26.7. The van der Waals surface area contributed by atoms with Crippen molar-refractivity contribution < 1.29 is 19.1 Å². The van der Waals surface area contributed by atoms with Crippen molar-refractivity contribution in [3.63, 3.8) is 0 Å². The summed E-state index contributed by atoms with van der Waals surface area (Å²) in [6.07, 6.45) is 4.96. The number of primary amides is 1. The van der Waals surface area contributed by atoms with Gasteiger partial charge in [-0.05, 0) is 87.3 Å². The Balaban J connectivity index is 0.00000108. The molecule has 0 bridgehead atoms. The molecule has 1 heterocycles. The molecule has 1 aliphatic heterocycles. The maximum Gasteiger partial charge on any atom is 0.293 e. The number of aldehydes is 1. The van der Waals surface area contributed by atoms with E-state index < -0.39 is 5.91 Å². The summed E-state index contributed by atoms with van der Waals surface area (Å²) >= 11 is 0. The van der Waals surface area contributed by atoms with E-state index in [1.165, 1.54) is 13.2 Å². The number of carbonyl (C=O) groups is 3. The molecule has 2 aromatic carbocycles. The van der Waals surface area contributed by atoms with Gasteiger partial charge in [-0.2, -0.15) is 0 Å². The molecular weight excluding hydrogens is 558 g/mol. The number of nitrogens with two attached hydrogens (primary N) is 3. The van der Waals surface area contributed by atoms with Gasteiger partial charge in [-0.15, -0.1) is 0 Å². The number of methoxy groups -OCH3 is 1. The molecule has 3 rings (SSSR count). The van der Waals surface area contributed by atoms with Gasteiger partial charge in [0.05, 0.1) is 13.2 Å². The number of aliphatic imine (C=N–C) groups is 1. The number of hydrogen-bond acceptors (Lipinski definition) is 9. The van der Waals surface area contributed by atoms with Crippen LogP contribution in [0, 0.1) is 11.8 Å². The normalized spacial score (nSPS) is 13.7. The molecule has 0 aliphatic carbocycles. The number of anilines is 1. The first kappa shape index (κ1) is 37.4. The highest BCUT2D eigenvalue weighted by Gasteiger charge is 2.20. The Labute approximate surface area is 261 Å². The zero-order valence-corrected chi connectivity index (χ0v) is 26.7. The van der Waals surface area contributed by atoms with Crippen molar-refractivity contribution in [2.24, 2.45) is 22.2 Å². The highest BCUT2D eigenvalue weighted by Crippen LogP contribution is 2.27. The highest BCUT2D eigenvalue weighted by molar-refractivity contribution is 6.09. The summed E-state index contributed by atoms with van der Waals surface area (Å²) < 4.78 is 5.49. The van der Waals surface area contributed by atoms with Gasteiger partial charge in [-0.25, -0.2) is 0 Å². The van der Waals surface area contributed by atoms with Crippen molar-refractivity contribution in [1.82, 2.24) is 10.2 Å². The van der Waals surface area contributed by atoms with Gasteiger partial charge in [0.15, 0.2) is 0 Å². The first-order chi connectivity index (χ1) is 21.2. The third-order valence-corrected chi connectivity index (χ3v) is 6.78. The SMILES string of the molecule is CC#CC(N)=O.CN.CN=C/C(=C\N)c1cc(OC)cc(C(C)NC(=O)c2cc(N3CCN(C)CC3)ccc2CCC=O)c1. The molecular formula is C33H47N7O4. The van der Waals surface area contributed by atoms with Crippen LogP contribution in [0.4, 0.5) is 5.69 Å². The molecule has 1 fully saturated rings. The average Bonchev–Trinajstić information content (AvgIpc) is 3.03. The van der Waals surface area contributed by atoms with Crippen molar-refractivity contribution >= 4 is 35.6 Å². The Morgan fingerprint density at radius 1 is 1.14 bits per heavy atom. The number of aryl methyl sites for hydroxylation is 1. The maximum absolute atomic E-state index is 13.5. The summed E-state index contributed by atoms with van der Waals surface area (Å²) in [5.41, 5.74) is 19.9. The van der Waals surface area contributed by atoms with Crippen LogP contribution in [-0.2, 0) is 16.0 Å². The van der Waals surface area contributed by atoms with E-state index in [1.54, 1.807) is 27.3 Å². The van der Waals surface area contributed by atoms with Gasteiger partial charge in [0, 0.05) is 68.9 Å². The van der Waals surface area contributed by atoms with E-state index in [4.69, 9.17) is 10.5 Å². The number of hydrogen-bond donors (Lipinski definition) is 4. The number of nitrogens with one attached hydrogen (secondary N) is 1. The fourth-order valence-corrected chi connectivity index (χ4v) is 4.46. The van der Waals surface area contributed by atoms with E-state index in [0.717, 1.165) is 60.4 Å². The molecule has 238 valence electrons. The van der Waals surface area contributed by atoms with Crippen molar-refractivity contribution in [3.05, 3.63) is 64.9 Å². The van der Waals surface area contributed by atoms with Crippen LogP contribution >= 0.6 is 0 Å². The molecule has 1 unspecified atom stereocenters. The molecule has 0 aromatic heterocycles. The van der Waals surface area contributed by atoms with Gasteiger partial charge in [0.25, 0.3) is 11.8 Å². The second-order valence-electron chi connectivity index (χ2n) is 9.78. The Morgan fingerprint density at radius 2 is 1.82 bits per heavy atom. The summed E-state index contributed by atoms with van der Waals surface area (Å²) in [7, 11) is 6.91. The van der Waals surface area contributed by atoms with E-state index in [0.29, 0.717) is 24.2 Å². The number of rotatable bonds is 10. The van der Waals surface area contributed by atoms with Crippen LogP contribution in [0.25, 0.3) is 5.57 Å². The Kier molecular flexibility index (Phi) is 17.2. The number of carbonyl (C=O) groups excluding carboxylic acids is 3. The zero-order chi connectivity index (χ0) is 33.1. The number of piperazine rings is 1. The van der Waals surface area contributed by atoms with Crippen LogP contribution in [0.5, 0.6) is 5.75 Å². The van der Waals surface area contributed by atoms with Gasteiger partial charge in [0.1, 0.15) is 12.0 Å². The minimum atomic E-state index is -0.572. The number of amides is 2. The average molecular weight is 606 g/mol. The highest BCUT2D eigenvalue weighted by atomic mass is 16.5. The van der Waals surface area contributed by atoms with Crippen LogP contribution in [-0.4, -0.2) is 83.6 Å². The van der Waals surface area contributed by atoms with E-state index in [2.05, 4.69) is 56.5 Å². The van der Waals surface area contributed by atoms with Crippen LogP contribution in [0.2, 0.25) is 0 Å². The molecule has 0 saturated carbocycles. The van der Waals surface area contributed by atoms with E-state index >= 15 is 0 Å². The molecule has 11 heteroatoms. The van der Waals surface area contributed by atoms with Gasteiger partial charge < -0.3 is 41.8 Å².